The molecule has 7 atom stereocenters. The van der Waals surface area contributed by atoms with Gasteiger partial charge in [0.2, 0.25) is 0 Å². The minimum Gasteiger partial charge on any atom is -0.393 e. The predicted molar refractivity (Wildman–Crippen MR) is 95.1 cm³/mol. The summed E-state index contributed by atoms with van der Waals surface area (Å²) < 4.78 is 36.2. The fourth-order valence-corrected chi connectivity index (χ4v) is 6.21. The average Bonchev–Trinajstić information content (AvgIpc) is 2.96. The quantitative estimate of drug-likeness (QED) is 0.692. The Morgan fingerprint density at radius 3 is 2.77 bits per heavy atom. The Hall–Kier alpha value is -1.04. The molecule has 0 amide bonds. The molecule has 144 valence electrons. The standard InChI is InChI=1S/C21H30O5/c1-19-7-5-13(23)9-12(19)3-4-14-15-6-8-21(26,17(25)11-22)20(15,2)10-16(24)18(14)19/h9,14-16,18,22,24,26H,3-8,10-11H2,1-2H3/t14-,15?,16+,18?,19-,20-,21?/m0/s1/i10D2,16D,18D. The van der Waals surface area contributed by atoms with Gasteiger partial charge in [-0.15, -0.1) is 0 Å². The molecular weight excluding hydrogens is 332 g/mol. The van der Waals surface area contributed by atoms with Crippen molar-refractivity contribution in [3.05, 3.63) is 11.6 Å². The summed E-state index contributed by atoms with van der Waals surface area (Å²) in [5.41, 5.74) is -4.47. The number of aliphatic hydroxyl groups is 3. The number of hydrogen-bond donors (Lipinski definition) is 3. The Labute approximate surface area is 160 Å². The molecule has 4 aliphatic carbocycles. The molecule has 5 nitrogen and oxygen atoms in total. The van der Waals surface area contributed by atoms with Crippen LogP contribution < -0.4 is 0 Å². The first-order chi connectivity index (χ1) is 13.7. The second kappa shape index (κ2) is 5.73. The van der Waals surface area contributed by atoms with Crippen molar-refractivity contribution in [1.82, 2.24) is 0 Å². The number of allylic oxidation sites excluding steroid dienone is 1. The second-order valence-electron chi connectivity index (χ2n) is 8.79. The van der Waals surface area contributed by atoms with Crippen LogP contribution in [0.25, 0.3) is 0 Å². The van der Waals surface area contributed by atoms with Crippen LogP contribution in [-0.2, 0) is 9.59 Å². The minimum absolute atomic E-state index is 0.0644. The highest BCUT2D eigenvalue weighted by Gasteiger charge is 2.68. The molecule has 0 saturated heterocycles. The molecule has 0 spiro atoms. The molecule has 0 bridgehead atoms. The van der Waals surface area contributed by atoms with Crippen LogP contribution in [0.3, 0.4) is 0 Å². The van der Waals surface area contributed by atoms with E-state index in [1.807, 2.05) is 0 Å². The summed E-state index contributed by atoms with van der Waals surface area (Å²) in [5.74, 6) is -4.23. The van der Waals surface area contributed by atoms with E-state index < -0.39 is 59.0 Å². The molecule has 4 aliphatic rings. The number of Topliss-reactive ketones (excluding diaryl/α,β-unsaturated/α-hetero) is 1. The Kier molecular flexibility index (Phi) is 3.09. The first-order valence-corrected chi connectivity index (χ1v) is 9.49. The van der Waals surface area contributed by atoms with Crippen LogP contribution in [0.4, 0.5) is 0 Å². The van der Waals surface area contributed by atoms with E-state index in [0.29, 0.717) is 18.4 Å². The zero-order chi connectivity index (χ0) is 22.5. The smallest absolute Gasteiger partial charge is 0.190 e. The summed E-state index contributed by atoms with van der Waals surface area (Å²) in [4.78, 5) is 24.6. The summed E-state index contributed by atoms with van der Waals surface area (Å²) in [6.07, 6.45) is -2.86. The van der Waals surface area contributed by atoms with Gasteiger partial charge in [0.1, 0.15) is 12.2 Å². The van der Waals surface area contributed by atoms with Gasteiger partial charge >= 0.3 is 0 Å². The lowest BCUT2D eigenvalue weighted by Crippen LogP contribution is -2.62. The van der Waals surface area contributed by atoms with E-state index in [0.717, 1.165) is 0 Å². The fourth-order valence-electron chi connectivity index (χ4n) is 6.21. The van der Waals surface area contributed by atoms with E-state index in [1.165, 1.54) is 13.0 Å². The molecule has 3 fully saturated rings. The van der Waals surface area contributed by atoms with Crippen molar-refractivity contribution in [2.24, 2.45) is 28.6 Å². The van der Waals surface area contributed by atoms with Crippen LogP contribution in [0.2, 0.25) is 0 Å². The van der Waals surface area contributed by atoms with Crippen molar-refractivity contribution < 1.29 is 30.4 Å². The van der Waals surface area contributed by atoms with Gasteiger partial charge in [0.15, 0.2) is 11.6 Å². The van der Waals surface area contributed by atoms with Crippen LogP contribution in [0.1, 0.15) is 64.2 Å². The van der Waals surface area contributed by atoms with Crippen molar-refractivity contribution in [1.29, 1.82) is 0 Å². The molecule has 0 aromatic carbocycles. The molecule has 4 rings (SSSR count). The first-order valence-electron chi connectivity index (χ1n) is 11.5. The Morgan fingerprint density at radius 2 is 2.08 bits per heavy atom. The predicted octanol–water partition coefficient (Wildman–Crippen LogP) is 1.78. The molecule has 3 N–H and O–H groups in total. The van der Waals surface area contributed by atoms with Crippen LogP contribution in [0.15, 0.2) is 11.6 Å². The van der Waals surface area contributed by atoms with Gasteiger partial charge in [0.25, 0.3) is 0 Å². The lowest BCUT2D eigenvalue weighted by molar-refractivity contribution is -0.182. The summed E-state index contributed by atoms with van der Waals surface area (Å²) in [6, 6.07) is 0. The Bertz CT molecular complexity index is 856. The Morgan fingerprint density at radius 1 is 1.35 bits per heavy atom. The van der Waals surface area contributed by atoms with Crippen molar-refractivity contribution in [3.63, 3.8) is 0 Å². The summed E-state index contributed by atoms with van der Waals surface area (Å²) in [5, 5.41) is 32.3. The van der Waals surface area contributed by atoms with Crippen LogP contribution in [0, 0.1) is 28.6 Å². The molecule has 0 aliphatic heterocycles. The minimum atomic E-state index is -2.96. The van der Waals surface area contributed by atoms with Gasteiger partial charge < -0.3 is 15.3 Å². The van der Waals surface area contributed by atoms with Crippen LogP contribution >= 0.6 is 0 Å². The average molecular weight is 366 g/mol. The summed E-state index contributed by atoms with van der Waals surface area (Å²) in [7, 11) is 0. The number of fused-ring (bicyclic) bond motifs is 5. The van der Waals surface area contributed by atoms with E-state index in [-0.39, 0.29) is 31.5 Å². The normalized spacial score (nSPS) is 60.3. The molecular formula is C21H30O5. The third kappa shape index (κ3) is 2.14. The SMILES string of the molecule is [2H]C1([2H])[C@@]([2H])(O)C2([2H])[C@@H](CCC3=CC(=O)CC[C@@]32C)C2CCC(O)(C(=O)CO)[C@]21C. The van der Waals surface area contributed by atoms with Gasteiger partial charge in [-0.25, -0.2) is 0 Å². The molecule has 0 aromatic heterocycles. The van der Waals surface area contributed by atoms with E-state index in [9.17, 15) is 26.3 Å². The molecule has 5 heteroatoms. The maximum atomic E-state index is 12.6. The molecule has 3 unspecified atom stereocenters. The van der Waals surface area contributed by atoms with E-state index >= 15 is 0 Å². The van der Waals surface area contributed by atoms with Crippen molar-refractivity contribution in [2.45, 2.75) is 70.4 Å². The highest BCUT2D eigenvalue weighted by molar-refractivity contribution is 5.91. The summed E-state index contributed by atoms with van der Waals surface area (Å²) >= 11 is 0. The van der Waals surface area contributed by atoms with Gasteiger partial charge in [-0.2, -0.15) is 0 Å². The highest BCUT2D eigenvalue weighted by atomic mass is 16.3. The highest BCUT2D eigenvalue weighted by Crippen LogP contribution is 2.67. The molecule has 3 saturated carbocycles. The van der Waals surface area contributed by atoms with Gasteiger partial charge in [-0.1, -0.05) is 19.4 Å². The van der Waals surface area contributed by atoms with E-state index in [4.69, 9.17) is 4.11 Å². The van der Waals surface area contributed by atoms with Crippen molar-refractivity contribution in [2.75, 3.05) is 6.61 Å². The summed E-state index contributed by atoms with van der Waals surface area (Å²) in [6.45, 7) is 2.16. The van der Waals surface area contributed by atoms with Crippen LogP contribution in [-0.4, -0.2) is 45.2 Å². The molecule has 0 radical (unpaired) electrons. The molecule has 0 heterocycles. The van der Waals surface area contributed by atoms with Crippen molar-refractivity contribution in [3.8, 4) is 0 Å². The maximum absolute atomic E-state index is 12.6. The van der Waals surface area contributed by atoms with Crippen LogP contribution in [0.5, 0.6) is 0 Å². The van der Waals surface area contributed by atoms with E-state index in [2.05, 4.69) is 0 Å². The van der Waals surface area contributed by atoms with Gasteiger partial charge in [0, 0.05) is 15.9 Å². The third-order valence-electron chi connectivity index (χ3n) is 7.75. The topological polar surface area (TPSA) is 94.8 Å². The number of ketones is 2. The number of carbonyl (C=O) groups excluding carboxylic acids is 2. The number of rotatable bonds is 2. The molecule has 26 heavy (non-hydrogen) atoms. The third-order valence-corrected chi connectivity index (χ3v) is 7.75. The monoisotopic (exact) mass is 366 g/mol. The lowest BCUT2D eigenvalue weighted by Gasteiger charge is -2.60. The van der Waals surface area contributed by atoms with Gasteiger partial charge in [0.05, 0.1) is 7.45 Å². The Balaban J connectivity index is 1.97. The van der Waals surface area contributed by atoms with Gasteiger partial charge in [-0.3, -0.25) is 9.59 Å². The zero-order valence-corrected chi connectivity index (χ0v) is 15.3. The first kappa shape index (κ1) is 14.0. The van der Waals surface area contributed by atoms with Crippen molar-refractivity contribution >= 4 is 11.6 Å². The lowest BCUT2D eigenvalue weighted by atomic mass is 9.45. The number of carbonyl (C=O) groups is 2. The zero-order valence-electron chi connectivity index (χ0n) is 19.3. The van der Waals surface area contributed by atoms with E-state index in [1.54, 1.807) is 6.92 Å². The number of aliphatic hydroxyl groups excluding tert-OH is 1. The maximum Gasteiger partial charge on any atom is 0.190 e. The number of hydrogen-bond acceptors (Lipinski definition) is 5. The second-order valence-corrected chi connectivity index (χ2v) is 8.79. The van der Waals surface area contributed by atoms with Gasteiger partial charge in [-0.05, 0) is 67.7 Å². The largest absolute Gasteiger partial charge is 0.393 e. The molecule has 0 aromatic rings. The fraction of sp³-hybridized carbons (Fsp3) is 0.810.